The van der Waals surface area contributed by atoms with Crippen molar-refractivity contribution in [2.75, 3.05) is 27.7 Å². The highest BCUT2D eigenvalue weighted by atomic mass is 35.5. The number of aromatic nitrogens is 2. The van der Waals surface area contributed by atoms with Crippen LogP contribution in [0.5, 0.6) is 0 Å². The van der Waals surface area contributed by atoms with Crippen LogP contribution in [0, 0.1) is 0 Å². The first-order chi connectivity index (χ1) is 7.47. The quantitative estimate of drug-likeness (QED) is 0.860. The summed E-state index contributed by atoms with van der Waals surface area (Å²) in [7, 11) is 6.05. The van der Waals surface area contributed by atoms with Crippen LogP contribution in [0.25, 0.3) is 0 Å². The molecule has 1 aromatic rings. The molecule has 0 aliphatic rings. The molecular formula is C11H21ClN4. The Labute approximate surface area is 103 Å². The first kappa shape index (κ1) is 13.5. The van der Waals surface area contributed by atoms with Crippen molar-refractivity contribution in [3.63, 3.8) is 0 Å². The highest BCUT2D eigenvalue weighted by Gasteiger charge is 2.20. The normalized spacial score (nSPS) is 13.8. The van der Waals surface area contributed by atoms with Crippen LogP contribution in [-0.4, -0.2) is 42.4 Å². The molecule has 0 bridgehead atoms. The summed E-state index contributed by atoms with van der Waals surface area (Å²) >= 11 is 6.20. The van der Waals surface area contributed by atoms with Crippen molar-refractivity contribution in [1.29, 1.82) is 0 Å². The van der Waals surface area contributed by atoms with Gasteiger partial charge < -0.3 is 10.2 Å². The number of hydrogen-bond donors (Lipinski definition) is 1. The van der Waals surface area contributed by atoms with Gasteiger partial charge in [0.1, 0.15) is 0 Å². The Morgan fingerprint density at radius 3 is 2.56 bits per heavy atom. The van der Waals surface area contributed by atoms with Gasteiger partial charge in [0.15, 0.2) is 0 Å². The van der Waals surface area contributed by atoms with E-state index in [0.29, 0.717) is 6.04 Å². The van der Waals surface area contributed by atoms with E-state index in [2.05, 4.69) is 29.2 Å². The van der Waals surface area contributed by atoms with E-state index < -0.39 is 0 Å². The highest BCUT2D eigenvalue weighted by molar-refractivity contribution is 6.31. The fourth-order valence-corrected chi connectivity index (χ4v) is 2.03. The van der Waals surface area contributed by atoms with E-state index in [-0.39, 0.29) is 6.04 Å². The van der Waals surface area contributed by atoms with Crippen molar-refractivity contribution < 1.29 is 0 Å². The standard InChI is InChI=1S/C11H21ClN4/c1-8(2)16-11(9(12)6-14-16)10(13-3)7-15(4)5/h6,8,10,13H,7H2,1-5H3. The Hall–Kier alpha value is -0.580. The molecule has 1 atom stereocenters. The van der Waals surface area contributed by atoms with Gasteiger partial charge in [-0.2, -0.15) is 5.10 Å². The largest absolute Gasteiger partial charge is 0.311 e. The Bertz CT molecular complexity index is 333. The third-order valence-corrected chi connectivity index (χ3v) is 2.79. The van der Waals surface area contributed by atoms with Gasteiger partial charge in [0.25, 0.3) is 0 Å². The lowest BCUT2D eigenvalue weighted by molar-refractivity contribution is 0.336. The van der Waals surface area contributed by atoms with Crippen LogP contribution in [0.4, 0.5) is 0 Å². The van der Waals surface area contributed by atoms with E-state index in [1.807, 2.05) is 25.8 Å². The Kier molecular flexibility index (Phi) is 4.77. The van der Waals surface area contributed by atoms with Crippen LogP contribution in [0.2, 0.25) is 5.02 Å². The summed E-state index contributed by atoms with van der Waals surface area (Å²) in [6.45, 7) is 5.11. The maximum absolute atomic E-state index is 6.20. The number of nitrogens with zero attached hydrogens (tertiary/aromatic N) is 3. The molecule has 92 valence electrons. The van der Waals surface area contributed by atoms with Crippen LogP contribution in [0.1, 0.15) is 31.6 Å². The zero-order chi connectivity index (χ0) is 12.3. The summed E-state index contributed by atoms with van der Waals surface area (Å²) in [5.41, 5.74) is 1.06. The van der Waals surface area contributed by atoms with Crippen LogP contribution in [0.15, 0.2) is 6.20 Å². The third kappa shape index (κ3) is 2.97. The molecule has 0 spiro atoms. The molecule has 1 aromatic heterocycles. The van der Waals surface area contributed by atoms with E-state index in [1.165, 1.54) is 0 Å². The molecule has 1 unspecified atom stereocenters. The number of nitrogens with one attached hydrogen (secondary N) is 1. The second kappa shape index (κ2) is 5.66. The Morgan fingerprint density at radius 1 is 1.50 bits per heavy atom. The number of rotatable bonds is 5. The fourth-order valence-electron chi connectivity index (χ4n) is 1.77. The second-order valence-corrected chi connectivity index (χ2v) is 4.93. The van der Waals surface area contributed by atoms with Gasteiger partial charge in [-0.25, -0.2) is 0 Å². The van der Waals surface area contributed by atoms with Gasteiger partial charge in [0.2, 0.25) is 0 Å². The van der Waals surface area contributed by atoms with Crippen LogP contribution < -0.4 is 5.32 Å². The third-order valence-electron chi connectivity index (χ3n) is 2.50. The summed E-state index contributed by atoms with van der Waals surface area (Å²) in [5.74, 6) is 0. The van der Waals surface area contributed by atoms with Gasteiger partial charge in [-0.05, 0) is 35.0 Å². The molecule has 0 amide bonds. The molecule has 16 heavy (non-hydrogen) atoms. The molecule has 1 rings (SSSR count). The van der Waals surface area contributed by atoms with E-state index in [0.717, 1.165) is 17.3 Å². The highest BCUT2D eigenvalue weighted by Crippen LogP contribution is 2.25. The summed E-state index contributed by atoms with van der Waals surface area (Å²) in [4.78, 5) is 2.13. The molecule has 1 N–H and O–H groups in total. The minimum absolute atomic E-state index is 0.201. The van der Waals surface area contributed by atoms with Gasteiger partial charge in [0.05, 0.1) is 23.0 Å². The Balaban J connectivity index is 3.03. The maximum Gasteiger partial charge on any atom is 0.0834 e. The van der Waals surface area contributed by atoms with Crippen molar-refractivity contribution in [2.24, 2.45) is 0 Å². The topological polar surface area (TPSA) is 33.1 Å². The molecule has 0 saturated heterocycles. The smallest absolute Gasteiger partial charge is 0.0834 e. The van der Waals surface area contributed by atoms with Crippen molar-refractivity contribution in [3.8, 4) is 0 Å². The van der Waals surface area contributed by atoms with E-state index in [9.17, 15) is 0 Å². The lowest BCUT2D eigenvalue weighted by atomic mass is 10.2. The minimum atomic E-state index is 0.201. The van der Waals surface area contributed by atoms with Crippen LogP contribution in [-0.2, 0) is 0 Å². The molecule has 5 heteroatoms. The fraction of sp³-hybridized carbons (Fsp3) is 0.727. The summed E-state index contributed by atoms with van der Waals surface area (Å²) in [5, 5.41) is 8.33. The molecule has 0 aromatic carbocycles. The summed E-state index contributed by atoms with van der Waals surface area (Å²) < 4.78 is 1.98. The van der Waals surface area contributed by atoms with Crippen LogP contribution in [0.3, 0.4) is 0 Å². The molecule has 0 radical (unpaired) electrons. The summed E-state index contributed by atoms with van der Waals surface area (Å²) in [6, 6.07) is 0.521. The second-order valence-electron chi connectivity index (χ2n) is 4.52. The van der Waals surface area contributed by atoms with Gasteiger partial charge in [-0.1, -0.05) is 11.6 Å². The van der Waals surface area contributed by atoms with Gasteiger partial charge in [0, 0.05) is 12.6 Å². The zero-order valence-electron chi connectivity index (χ0n) is 10.7. The van der Waals surface area contributed by atoms with E-state index in [1.54, 1.807) is 6.20 Å². The van der Waals surface area contributed by atoms with Crippen molar-refractivity contribution in [3.05, 3.63) is 16.9 Å². The SMILES string of the molecule is CNC(CN(C)C)c1c(Cl)cnn1C(C)C. The first-order valence-corrected chi connectivity index (χ1v) is 5.90. The lowest BCUT2D eigenvalue weighted by Crippen LogP contribution is -2.31. The predicted octanol–water partition coefficient (Wildman–Crippen LogP) is 1.94. The van der Waals surface area contributed by atoms with E-state index >= 15 is 0 Å². The summed E-state index contributed by atoms with van der Waals surface area (Å²) in [6.07, 6.45) is 1.72. The molecule has 0 aliphatic carbocycles. The van der Waals surface area contributed by atoms with Gasteiger partial charge >= 0.3 is 0 Å². The molecular weight excluding hydrogens is 224 g/mol. The van der Waals surface area contributed by atoms with Crippen molar-refractivity contribution in [2.45, 2.75) is 25.9 Å². The molecule has 0 saturated carbocycles. The van der Waals surface area contributed by atoms with Crippen LogP contribution >= 0.6 is 11.6 Å². The molecule has 0 fully saturated rings. The maximum atomic E-state index is 6.20. The molecule has 1 heterocycles. The number of halogens is 1. The molecule has 4 nitrogen and oxygen atoms in total. The predicted molar refractivity (Wildman–Crippen MR) is 68.0 cm³/mol. The average Bonchev–Trinajstić information content (AvgIpc) is 2.56. The number of likely N-dealkylation sites (N-methyl/N-ethyl adjacent to an activating group) is 2. The first-order valence-electron chi connectivity index (χ1n) is 5.52. The van der Waals surface area contributed by atoms with Crippen molar-refractivity contribution >= 4 is 11.6 Å². The van der Waals surface area contributed by atoms with Crippen molar-refractivity contribution in [1.82, 2.24) is 20.0 Å². The average molecular weight is 245 g/mol. The van der Waals surface area contributed by atoms with E-state index in [4.69, 9.17) is 11.6 Å². The molecule has 0 aliphatic heterocycles. The van der Waals surface area contributed by atoms with Gasteiger partial charge in [-0.15, -0.1) is 0 Å². The van der Waals surface area contributed by atoms with Gasteiger partial charge in [-0.3, -0.25) is 4.68 Å². The monoisotopic (exact) mass is 244 g/mol. The minimum Gasteiger partial charge on any atom is -0.311 e. The zero-order valence-corrected chi connectivity index (χ0v) is 11.4. The Morgan fingerprint density at radius 2 is 2.12 bits per heavy atom. The lowest BCUT2D eigenvalue weighted by Gasteiger charge is -2.23. The number of hydrogen-bond acceptors (Lipinski definition) is 3.